The molecule has 1 saturated heterocycles. The monoisotopic (exact) mass is 456 g/mol. The summed E-state index contributed by atoms with van der Waals surface area (Å²) in [6.45, 7) is 4.68. The minimum Gasteiger partial charge on any atom is -0.306 e. The van der Waals surface area contributed by atoms with E-state index in [1.165, 1.54) is 39.3 Å². The number of hydrogen-bond acceptors (Lipinski definition) is 6. The molecule has 0 radical (unpaired) electrons. The van der Waals surface area contributed by atoms with Crippen molar-refractivity contribution >= 4 is 21.7 Å². The maximum Gasteiger partial charge on any atom is 0.256 e. The van der Waals surface area contributed by atoms with Crippen molar-refractivity contribution in [2.75, 3.05) is 18.4 Å². The summed E-state index contributed by atoms with van der Waals surface area (Å²) in [5.74, 6) is 0.0905. The summed E-state index contributed by atoms with van der Waals surface area (Å²) >= 11 is 0. The van der Waals surface area contributed by atoms with Gasteiger partial charge in [0.25, 0.3) is 11.5 Å². The van der Waals surface area contributed by atoms with Crippen LogP contribution in [-0.4, -0.2) is 51.5 Å². The van der Waals surface area contributed by atoms with E-state index in [2.05, 4.69) is 20.4 Å². The van der Waals surface area contributed by atoms with E-state index < -0.39 is 15.9 Å². The SMILES string of the molecule is CCc1cc(=O)[nH]c(-n2nc(C)cc2NC(=O)c2ccc(S(=O)(=O)N3CCCC3)cc2)n1. The van der Waals surface area contributed by atoms with Gasteiger partial charge in [0, 0.05) is 36.5 Å². The highest BCUT2D eigenvalue weighted by Gasteiger charge is 2.27. The highest BCUT2D eigenvalue weighted by Crippen LogP contribution is 2.22. The van der Waals surface area contributed by atoms with Gasteiger partial charge in [-0.25, -0.2) is 13.4 Å². The molecule has 2 N–H and O–H groups in total. The number of benzene rings is 1. The van der Waals surface area contributed by atoms with Gasteiger partial charge < -0.3 is 5.32 Å². The van der Waals surface area contributed by atoms with Gasteiger partial charge in [-0.2, -0.15) is 14.1 Å². The largest absolute Gasteiger partial charge is 0.306 e. The molecule has 32 heavy (non-hydrogen) atoms. The van der Waals surface area contributed by atoms with Crippen molar-refractivity contribution in [2.45, 2.75) is 38.0 Å². The molecule has 0 aliphatic carbocycles. The highest BCUT2D eigenvalue weighted by atomic mass is 32.2. The second kappa shape index (κ2) is 8.67. The van der Waals surface area contributed by atoms with Crippen LogP contribution in [0.5, 0.6) is 0 Å². The quantitative estimate of drug-likeness (QED) is 0.582. The number of nitrogens with one attached hydrogen (secondary N) is 2. The van der Waals surface area contributed by atoms with E-state index >= 15 is 0 Å². The van der Waals surface area contributed by atoms with E-state index in [0.717, 1.165) is 12.8 Å². The average Bonchev–Trinajstić information content (AvgIpc) is 3.44. The Morgan fingerprint density at radius 3 is 2.50 bits per heavy atom. The van der Waals surface area contributed by atoms with Crippen LogP contribution < -0.4 is 10.9 Å². The van der Waals surface area contributed by atoms with Crippen molar-refractivity contribution in [1.29, 1.82) is 0 Å². The van der Waals surface area contributed by atoms with Crippen LogP contribution in [0.4, 0.5) is 5.82 Å². The maximum atomic E-state index is 12.8. The van der Waals surface area contributed by atoms with E-state index in [1.54, 1.807) is 13.0 Å². The Labute approximate surface area is 185 Å². The molecule has 1 fully saturated rings. The first-order valence-corrected chi connectivity index (χ1v) is 11.8. The molecule has 1 aromatic carbocycles. The minimum absolute atomic E-state index is 0.162. The van der Waals surface area contributed by atoms with Crippen molar-refractivity contribution in [1.82, 2.24) is 24.1 Å². The number of H-pyrrole nitrogens is 1. The Kier molecular flexibility index (Phi) is 5.94. The molecule has 0 bridgehead atoms. The lowest BCUT2D eigenvalue weighted by Crippen LogP contribution is -2.27. The van der Waals surface area contributed by atoms with Crippen LogP contribution in [0.1, 0.15) is 41.5 Å². The van der Waals surface area contributed by atoms with E-state index in [0.29, 0.717) is 42.3 Å². The molecule has 2 aromatic heterocycles. The first-order valence-electron chi connectivity index (χ1n) is 10.4. The predicted molar refractivity (Wildman–Crippen MR) is 118 cm³/mol. The number of nitrogens with zero attached hydrogens (tertiary/aromatic N) is 4. The number of aromatic nitrogens is 4. The summed E-state index contributed by atoms with van der Waals surface area (Å²) in [6, 6.07) is 8.90. The van der Waals surface area contributed by atoms with Gasteiger partial charge in [-0.3, -0.25) is 14.6 Å². The van der Waals surface area contributed by atoms with Gasteiger partial charge >= 0.3 is 0 Å². The predicted octanol–water partition coefficient (Wildman–Crippen LogP) is 1.86. The van der Waals surface area contributed by atoms with Crippen LogP contribution in [0.3, 0.4) is 0 Å². The lowest BCUT2D eigenvalue weighted by molar-refractivity contribution is 0.102. The smallest absolute Gasteiger partial charge is 0.256 e. The minimum atomic E-state index is -3.54. The zero-order valence-electron chi connectivity index (χ0n) is 17.8. The number of amides is 1. The number of aryl methyl sites for hydroxylation is 2. The van der Waals surface area contributed by atoms with E-state index in [9.17, 15) is 18.0 Å². The van der Waals surface area contributed by atoms with E-state index in [-0.39, 0.29) is 16.4 Å². The molecule has 0 atom stereocenters. The topological polar surface area (TPSA) is 130 Å². The van der Waals surface area contributed by atoms with Gasteiger partial charge in [-0.1, -0.05) is 6.92 Å². The molecule has 168 valence electrons. The van der Waals surface area contributed by atoms with Crippen molar-refractivity contribution in [3.8, 4) is 5.95 Å². The molecule has 1 aliphatic heterocycles. The van der Waals surface area contributed by atoms with Gasteiger partial charge in [-0.05, 0) is 50.5 Å². The van der Waals surface area contributed by atoms with Gasteiger partial charge in [0.2, 0.25) is 16.0 Å². The summed E-state index contributed by atoms with van der Waals surface area (Å²) in [6.07, 6.45) is 2.29. The molecular weight excluding hydrogens is 432 g/mol. The first-order chi connectivity index (χ1) is 15.3. The Morgan fingerprint density at radius 2 is 1.84 bits per heavy atom. The zero-order chi connectivity index (χ0) is 22.9. The van der Waals surface area contributed by atoms with Crippen molar-refractivity contribution in [3.05, 3.63) is 63.7 Å². The number of hydrogen-bond donors (Lipinski definition) is 2. The van der Waals surface area contributed by atoms with E-state index in [1.807, 2.05) is 6.92 Å². The van der Waals surface area contributed by atoms with Crippen LogP contribution in [0.2, 0.25) is 0 Å². The van der Waals surface area contributed by atoms with E-state index in [4.69, 9.17) is 0 Å². The third-order valence-corrected chi connectivity index (χ3v) is 7.15. The van der Waals surface area contributed by atoms with Crippen LogP contribution in [-0.2, 0) is 16.4 Å². The molecule has 4 rings (SSSR count). The normalized spacial score (nSPS) is 14.6. The van der Waals surface area contributed by atoms with Gasteiger partial charge in [0.15, 0.2) is 0 Å². The summed E-state index contributed by atoms with van der Waals surface area (Å²) in [7, 11) is -3.54. The number of sulfonamides is 1. The molecule has 0 unspecified atom stereocenters. The Bertz CT molecular complexity index is 1300. The lowest BCUT2D eigenvalue weighted by atomic mass is 10.2. The Balaban J connectivity index is 1.58. The maximum absolute atomic E-state index is 12.8. The van der Waals surface area contributed by atoms with Crippen LogP contribution in [0.25, 0.3) is 5.95 Å². The molecule has 11 heteroatoms. The molecule has 10 nitrogen and oxygen atoms in total. The van der Waals surface area contributed by atoms with Crippen molar-refractivity contribution < 1.29 is 13.2 Å². The van der Waals surface area contributed by atoms with Crippen LogP contribution >= 0.6 is 0 Å². The Hall–Kier alpha value is -3.31. The molecule has 3 aromatic rings. The van der Waals surface area contributed by atoms with Crippen LogP contribution in [0, 0.1) is 6.92 Å². The molecule has 3 heterocycles. The third-order valence-electron chi connectivity index (χ3n) is 5.24. The zero-order valence-corrected chi connectivity index (χ0v) is 18.6. The van der Waals surface area contributed by atoms with Gasteiger partial charge in [0.1, 0.15) is 5.82 Å². The number of carbonyl (C=O) groups is 1. The van der Waals surface area contributed by atoms with Crippen molar-refractivity contribution in [2.24, 2.45) is 0 Å². The number of anilines is 1. The molecule has 1 amide bonds. The number of rotatable bonds is 6. The fourth-order valence-corrected chi connectivity index (χ4v) is 5.09. The summed E-state index contributed by atoms with van der Waals surface area (Å²) in [5.41, 5.74) is 1.20. The molecule has 0 saturated carbocycles. The fourth-order valence-electron chi connectivity index (χ4n) is 3.57. The Morgan fingerprint density at radius 1 is 1.16 bits per heavy atom. The fraction of sp³-hybridized carbons (Fsp3) is 0.333. The third kappa shape index (κ3) is 4.34. The molecule has 1 aliphatic rings. The second-order valence-electron chi connectivity index (χ2n) is 7.59. The summed E-state index contributed by atoms with van der Waals surface area (Å²) < 4.78 is 28.2. The highest BCUT2D eigenvalue weighted by molar-refractivity contribution is 7.89. The summed E-state index contributed by atoms with van der Waals surface area (Å²) in [4.78, 5) is 31.9. The first kappa shape index (κ1) is 21.9. The molecule has 0 spiro atoms. The molecular formula is C21H24N6O4S. The standard InChI is InChI=1S/C21H24N6O4S/c1-3-16-13-19(28)24-21(22-16)27-18(12-14(2)25-27)23-20(29)15-6-8-17(9-7-15)32(30,31)26-10-4-5-11-26/h6-9,12-13H,3-5,10-11H2,1-2H3,(H,23,29)(H,22,24,28). The van der Waals surface area contributed by atoms with Gasteiger partial charge in [-0.15, -0.1) is 0 Å². The second-order valence-corrected chi connectivity index (χ2v) is 9.52. The van der Waals surface area contributed by atoms with Gasteiger partial charge in [0.05, 0.1) is 10.6 Å². The summed E-state index contributed by atoms with van der Waals surface area (Å²) in [5, 5.41) is 7.08. The average molecular weight is 457 g/mol. The lowest BCUT2D eigenvalue weighted by Gasteiger charge is -2.15. The van der Waals surface area contributed by atoms with Crippen LogP contribution in [0.15, 0.2) is 46.1 Å². The number of aromatic amines is 1. The number of carbonyl (C=O) groups excluding carboxylic acids is 1. The van der Waals surface area contributed by atoms with Crippen molar-refractivity contribution in [3.63, 3.8) is 0 Å².